The van der Waals surface area contributed by atoms with Crippen LogP contribution in [-0.4, -0.2) is 0 Å². The van der Waals surface area contributed by atoms with Crippen molar-refractivity contribution in [1.29, 1.82) is 0 Å². The summed E-state index contributed by atoms with van der Waals surface area (Å²) in [7, 11) is 0. The lowest BCUT2D eigenvalue weighted by atomic mass is 9.65. The predicted octanol–water partition coefficient (Wildman–Crippen LogP) is 9.19. The Balaban J connectivity index is 1.46. The number of hydrogen-bond acceptors (Lipinski definition) is 0. The molecule has 5 aromatic carbocycles. The third-order valence-corrected chi connectivity index (χ3v) is 9.17. The molecule has 176 valence electrons. The lowest BCUT2D eigenvalue weighted by Gasteiger charge is -2.36. The number of hydrogen-bond donors (Lipinski definition) is 0. The summed E-state index contributed by atoms with van der Waals surface area (Å²) in [6, 6.07) is 45.2. The molecule has 0 saturated carbocycles. The minimum Gasteiger partial charge on any atom is -0.0651 e. The van der Waals surface area contributed by atoms with Gasteiger partial charge in [-0.25, -0.2) is 0 Å². The average molecular weight is 481 g/mol. The standard InChI is InChI=1S/C38H24/c1-4-17-29-24(12-1)25-13-2-5-18-30(25)35(29)36-31-19-6-3-14-26(31)32-20-11-23-38(37(32)36)33-21-9-7-15-27(33)28-16-8-10-22-34(28)38/h1-23,35H. The monoisotopic (exact) mass is 480 g/mol. The van der Waals surface area contributed by atoms with Crippen LogP contribution in [0.1, 0.15) is 39.3 Å². The number of fused-ring (bicyclic) bond motifs is 12. The molecule has 1 spiro atoms. The Morgan fingerprint density at radius 1 is 0.447 bits per heavy atom. The van der Waals surface area contributed by atoms with Crippen LogP contribution in [0.4, 0.5) is 0 Å². The minimum atomic E-state index is -0.321. The van der Waals surface area contributed by atoms with E-state index in [0.717, 1.165) is 0 Å². The Hall–Kier alpha value is -4.68. The molecule has 0 fully saturated rings. The smallest absolute Gasteiger partial charge is 0.0651 e. The quantitative estimate of drug-likeness (QED) is 0.224. The van der Waals surface area contributed by atoms with Crippen LogP contribution in [0.2, 0.25) is 0 Å². The lowest BCUT2D eigenvalue weighted by molar-refractivity contribution is 0.802. The third-order valence-electron chi connectivity index (χ3n) is 9.17. The van der Waals surface area contributed by atoms with E-state index < -0.39 is 0 Å². The Kier molecular flexibility index (Phi) is 3.87. The molecule has 0 heteroatoms. The van der Waals surface area contributed by atoms with Gasteiger partial charge in [0.2, 0.25) is 0 Å². The summed E-state index contributed by atoms with van der Waals surface area (Å²) in [5.74, 6) is 0.188. The molecule has 0 saturated heterocycles. The molecule has 4 aliphatic rings. The summed E-state index contributed by atoms with van der Waals surface area (Å²) in [5.41, 5.74) is 17.7. The first kappa shape index (κ1) is 20.4. The molecule has 4 aliphatic carbocycles. The van der Waals surface area contributed by atoms with Crippen molar-refractivity contribution in [3.8, 4) is 22.3 Å². The fraction of sp³-hybridized carbons (Fsp3) is 0.0526. The van der Waals surface area contributed by atoms with E-state index in [2.05, 4.69) is 140 Å². The summed E-state index contributed by atoms with van der Waals surface area (Å²) < 4.78 is 0. The van der Waals surface area contributed by atoms with Gasteiger partial charge >= 0.3 is 0 Å². The Bertz CT molecular complexity index is 1830. The minimum absolute atomic E-state index is 0.188. The summed E-state index contributed by atoms with van der Waals surface area (Å²) in [4.78, 5) is 0. The van der Waals surface area contributed by atoms with Crippen LogP contribution in [0.15, 0.2) is 145 Å². The summed E-state index contributed by atoms with van der Waals surface area (Å²) in [5, 5.41) is 0. The van der Waals surface area contributed by atoms with Gasteiger partial charge < -0.3 is 0 Å². The van der Waals surface area contributed by atoms with Gasteiger partial charge in [0.05, 0.1) is 5.41 Å². The molecule has 38 heavy (non-hydrogen) atoms. The molecule has 0 aliphatic heterocycles. The first-order chi connectivity index (χ1) is 18.9. The molecule has 0 nitrogen and oxygen atoms in total. The molecule has 5 aromatic rings. The maximum absolute atomic E-state index is 2.47. The van der Waals surface area contributed by atoms with Gasteiger partial charge in [-0.2, -0.15) is 0 Å². The predicted molar refractivity (Wildman–Crippen MR) is 157 cm³/mol. The van der Waals surface area contributed by atoms with Gasteiger partial charge in [0.15, 0.2) is 0 Å². The molecule has 9 rings (SSSR count). The Morgan fingerprint density at radius 3 is 1.53 bits per heavy atom. The number of allylic oxidation sites excluding steroid dienone is 6. The van der Waals surface area contributed by atoms with Gasteiger partial charge in [-0.1, -0.05) is 140 Å². The van der Waals surface area contributed by atoms with Crippen molar-refractivity contribution < 1.29 is 0 Å². The van der Waals surface area contributed by atoms with Gasteiger partial charge in [0.25, 0.3) is 0 Å². The van der Waals surface area contributed by atoms with E-state index in [4.69, 9.17) is 0 Å². The van der Waals surface area contributed by atoms with Crippen molar-refractivity contribution in [3.05, 3.63) is 179 Å². The van der Waals surface area contributed by atoms with E-state index in [1.165, 1.54) is 72.4 Å². The zero-order chi connectivity index (χ0) is 24.8. The van der Waals surface area contributed by atoms with Crippen molar-refractivity contribution >= 4 is 11.1 Å². The molecule has 0 amide bonds. The molecule has 0 atom stereocenters. The second kappa shape index (κ2) is 7.21. The van der Waals surface area contributed by atoms with E-state index in [0.29, 0.717) is 0 Å². The third kappa shape index (κ3) is 2.32. The van der Waals surface area contributed by atoms with Crippen LogP contribution in [0, 0.1) is 0 Å². The Morgan fingerprint density at radius 2 is 0.921 bits per heavy atom. The SMILES string of the molecule is C1=CC2(C3=C(C4c5ccccc5-c5ccccc54)c4ccccc4C3=C1)c1ccccc1-c1ccccc12. The zero-order valence-electron chi connectivity index (χ0n) is 20.9. The Labute approximate surface area is 222 Å². The molecular weight excluding hydrogens is 456 g/mol. The van der Waals surface area contributed by atoms with Gasteiger partial charge in [-0.3, -0.25) is 0 Å². The molecule has 0 N–H and O–H groups in total. The maximum atomic E-state index is 2.47. The molecular formula is C38H24. The van der Waals surface area contributed by atoms with Gasteiger partial charge in [0.1, 0.15) is 0 Å². The van der Waals surface area contributed by atoms with Crippen LogP contribution in [-0.2, 0) is 5.41 Å². The summed E-state index contributed by atoms with van der Waals surface area (Å²) in [6.45, 7) is 0. The second-order valence-electron chi connectivity index (χ2n) is 10.8. The normalized spacial score (nSPS) is 17.0. The largest absolute Gasteiger partial charge is 0.0656 e. The van der Waals surface area contributed by atoms with Crippen LogP contribution in [0.3, 0.4) is 0 Å². The van der Waals surface area contributed by atoms with E-state index in [-0.39, 0.29) is 11.3 Å². The van der Waals surface area contributed by atoms with Crippen LogP contribution in [0.5, 0.6) is 0 Å². The van der Waals surface area contributed by atoms with Crippen LogP contribution >= 0.6 is 0 Å². The van der Waals surface area contributed by atoms with E-state index in [9.17, 15) is 0 Å². The number of rotatable bonds is 1. The van der Waals surface area contributed by atoms with Crippen LogP contribution < -0.4 is 0 Å². The van der Waals surface area contributed by atoms with Crippen molar-refractivity contribution in [2.75, 3.05) is 0 Å². The molecule has 0 unspecified atom stereocenters. The fourth-order valence-corrected chi connectivity index (χ4v) is 7.82. The highest BCUT2D eigenvalue weighted by Gasteiger charge is 2.51. The molecule has 0 aromatic heterocycles. The van der Waals surface area contributed by atoms with Crippen LogP contribution in [0.25, 0.3) is 33.4 Å². The molecule has 0 radical (unpaired) electrons. The maximum Gasteiger partial charge on any atom is 0.0656 e. The lowest BCUT2D eigenvalue weighted by Crippen LogP contribution is -2.28. The summed E-state index contributed by atoms with van der Waals surface area (Å²) >= 11 is 0. The zero-order valence-corrected chi connectivity index (χ0v) is 20.9. The summed E-state index contributed by atoms with van der Waals surface area (Å²) in [6.07, 6.45) is 7.12. The second-order valence-corrected chi connectivity index (χ2v) is 10.8. The van der Waals surface area contributed by atoms with E-state index >= 15 is 0 Å². The highest BCUT2D eigenvalue weighted by Crippen LogP contribution is 2.65. The fourth-order valence-electron chi connectivity index (χ4n) is 7.82. The van der Waals surface area contributed by atoms with E-state index in [1.54, 1.807) is 0 Å². The van der Waals surface area contributed by atoms with Crippen molar-refractivity contribution in [2.45, 2.75) is 11.3 Å². The first-order valence-corrected chi connectivity index (χ1v) is 13.5. The van der Waals surface area contributed by atoms with Crippen molar-refractivity contribution in [1.82, 2.24) is 0 Å². The molecule has 0 bridgehead atoms. The highest BCUT2D eigenvalue weighted by atomic mass is 14.5. The van der Waals surface area contributed by atoms with Gasteiger partial charge in [0, 0.05) is 5.92 Å². The first-order valence-electron chi connectivity index (χ1n) is 13.5. The number of benzene rings is 5. The van der Waals surface area contributed by atoms with Crippen molar-refractivity contribution in [3.63, 3.8) is 0 Å². The van der Waals surface area contributed by atoms with Crippen molar-refractivity contribution in [2.24, 2.45) is 0 Å². The van der Waals surface area contributed by atoms with E-state index in [1.807, 2.05) is 0 Å². The topological polar surface area (TPSA) is 0 Å². The van der Waals surface area contributed by atoms with Gasteiger partial charge in [-0.05, 0) is 72.4 Å². The molecule has 0 heterocycles. The highest BCUT2D eigenvalue weighted by molar-refractivity contribution is 6.09. The average Bonchev–Trinajstić information content (AvgIpc) is 3.59. The van der Waals surface area contributed by atoms with Gasteiger partial charge in [-0.15, -0.1) is 0 Å².